The molecule has 5 rings (SSSR count). The lowest BCUT2D eigenvalue weighted by atomic mass is 9.90. The molecule has 0 spiro atoms. The number of hydrogen-bond acceptors (Lipinski definition) is 5. The highest BCUT2D eigenvalue weighted by Gasteiger charge is 2.37. The molecule has 2 bridgehead atoms. The summed E-state index contributed by atoms with van der Waals surface area (Å²) in [6.45, 7) is 8.39. The minimum absolute atomic E-state index is 0.360. The molecule has 4 saturated heterocycles. The standard InChI is InChI=1S/C21H33N5O/c1-15-20(16(2)24-23-15)7-8-21(27)26-13-18-5-6-19(26)14-25(12-18)11-17-4-3-9-22-10-17/h3-4,9-10,15-16,18-20,23-24H,5-8,11-14H2,1-2H3/t15?,16?,18-,19+,20?/m0/s1. The van der Waals surface area contributed by atoms with Crippen molar-refractivity contribution in [3.05, 3.63) is 30.1 Å². The molecule has 4 aliphatic heterocycles. The van der Waals surface area contributed by atoms with Gasteiger partial charge in [-0.25, -0.2) is 0 Å². The number of rotatable bonds is 5. The Balaban J connectivity index is 1.35. The van der Waals surface area contributed by atoms with Crippen LogP contribution in [0.4, 0.5) is 0 Å². The number of hydrogen-bond donors (Lipinski definition) is 2. The third-order valence-corrected chi connectivity index (χ3v) is 6.75. The molecule has 0 aliphatic carbocycles. The molecular weight excluding hydrogens is 338 g/mol. The highest BCUT2D eigenvalue weighted by atomic mass is 16.2. The number of hydrazine groups is 1. The summed E-state index contributed by atoms with van der Waals surface area (Å²) in [7, 11) is 0. The van der Waals surface area contributed by atoms with Crippen LogP contribution in [0.15, 0.2) is 24.5 Å². The first-order chi connectivity index (χ1) is 13.1. The van der Waals surface area contributed by atoms with Crippen molar-refractivity contribution < 1.29 is 4.79 Å². The van der Waals surface area contributed by atoms with Crippen LogP contribution in [0.2, 0.25) is 0 Å². The van der Waals surface area contributed by atoms with E-state index in [0.717, 1.165) is 39.0 Å². The number of pyridine rings is 1. The number of carbonyl (C=O) groups is 1. The van der Waals surface area contributed by atoms with Gasteiger partial charge in [0, 0.05) is 63.1 Å². The Morgan fingerprint density at radius 1 is 1.19 bits per heavy atom. The smallest absolute Gasteiger partial charge is 0.222 e. The number of nitrogens with zero attached hydrogens (tertiary/aromatic N) is 3. The van der Waals surface area contributed by atoms with E-state index in [1.807, 2.05) is 18.5 Å². The molecular formula is C21H33N5O. The summed E-state index contributed by atoms with van der Waals surface area (Å²) < 4.78 is 0. The summed E-state index contributed by atoms with van der Waals surface area (Å²) in [4.78, 5) is 22.0. The molecule has 4 aliphatic rings. The first kappa shape index (κ1) is 18.8. The Bertz CT molecular complexity index is 629. The molecule has 0 saturated carbocycles. The molecule has 27 heavy (non-hydrogen) atoms. The second-order valence-electron chi connectivity index (χ2n) is 8.77. The predicted molar refractivity (Wildman–Crippen MR) is 106 cm³/mol. The number of aromatic nitrogens is 1. The fourth-order valence-electron chi connectivity index (χ4n) is 5.21. The van der Waals surface area contributed by atoms with Crippen LogP contribution in [0, 0.1) is 11.8 Å². The molecule has 5 heterocycles. The van der Waals surface area contributed by atoms with Gasteiger partial charge in [-0.15, -0.1) is 0 Å². The maximum absolute atomic E-state index is 13.0. The average Bonchev–Trinajstić information content (AvgIpc) is 2.83. The second-order valence-corrected chi connectivity index (χ2v) is 8.77. The number of carbonyl (C=O) groups excluding carboxylic acids is 1. The number of fused-ring (bicyclic) bond motifs is 4. The zero-order valence-corrected chi connectivity index (χ0v) is 16.6. The number of amides is 1. The monoisotopic (exact) mass is 371 g/mol. The molecule has 2 N–H and O–H groups in total. The van der Waals surface area contributed by atoms with Gasteiger partial charge in [0.05, 0.1) is 0 Å². The van der Waals surface area contributed by atoms with Crippen LogP contribution in [-0.2, 0) is 11.3 Å². The van der Waals surface area contributed by atoms with Crippen LogP contribution >= 0.6 is 0 Å². The van der Waals surface area contributed by atoms with Gasteiger partial charge in [-0.3, -0.25) is 25.5 Å². The topological polar surface area (TPSA) is 60.5 Å². The van der Waals surface area contributed by atoms with Crippen molar-refractivity contribution in [1.82, 2.24) is 25.6 Å². The van der Waals surface area contributed by atoms with Crippen molar-refractivity contribution in [2.24, 2.45) is 11.8 Å². The van der Waals surface area contributed by atoms with Crippen LogP contribution in [-0.4, -0.2) is 58.5 Å². The van der Waals surface area contributed by atoms with Gasteiger partial charge in [0.25, 0.3) is 0 Å². The molecule has 1 amide bonds. The summed E-state index contributed by atoms with van der Waals surface area (Å²) in [5.41, 5.74) is 7.87. The fraction of sp³-hybridized carbons (Fsp3) is 0.714. The Morgan fingerprint density at radius 3 is 2.74 bits per heavy atom. The van der Waals surface area contributed by atoms with E-state index in [0.29, 0.717) is 42.3 Å². The van der Waals surface area contributed by atoms with Crippen LogP contribution in [0.25, 0.3) is 0 Å². The largest absolute Gasteiger partial charge is 0.338 e. The Hall–Kier alpha value is -1.50. The maximum Gasteiger partial charge on any atom is 0.222 e. The Morgan fingerprint density at radius 2 is 2.00 bits per heavy atom. The molecule has 0 aromatic carbocycles. The summed E-state index contributed by atoms with van der Waals surface area (Å²) in [6.07, 6.45) is 7.83. The molecule has 0 radical (unpaired) electrons. The normalized spacial score (nSPS) is 34.0. The minimum atomic E-state index is 0.360. The van der Waals surface area contributed by atoms with Crippen molar-refractivity contribution in [3.8, 4) is 0 Å². The van der Waals surface area contributed by atoms with Gasteiger partial charge in [0.15, 0.2) is 0 Å². The quantitative estimate of drug-likeness (QED) is 0.826. The van der Waals surface area contributed by atoms with Gasteiger partial charge in [0.1, 0.15) is 0 Å². The van der Waals surface area contributed by atoms with Crippen LogP contribution < -0.4 is 10.9 Å². The third-order valence-electron chi connectivity index (χ3n) is 6.75. The predicted octanol–water partition coefficient (Wildman–Crippen LogP) is 1.79. The van der Waals surface area contributed by atoms with E-state index in [1.165, 1.54) is 12.0 Å². The summed E-state index contributed by atoms with van der Waals surface area (Å²) in [5, 5.41) is 0. The minimum Gasteiger partial charge on any atom is -0.338 e. The molecule has 6 nitrogen and oxygen atoms in total. The van der Waals surface area contributed by atoms with Crippen molar-refractivity contribution in [2.45, 2.75) is 64.2 Å². The van der Waals surface area contributed by atoms with Gasteiger partial charge >= 0.3 is 0 Å². The van der Waals surface area contributed by atoms with Crippen molar-refractivity contribution in [3.63, 3.8) is 0 Å². The molecule has 2 unspecified atom stereocenters. The van der Waals surface area contributed by atoms with Gasteiger partial charge < -0.3 is 4.90 Å². The van der Waals surface area contributed by atoms with E-state index in [4.69, 9.17) is 0 Å². The number of nitrogens with one attached hydrogen (secondary N) is 2. The van der Waals surface area contributed by atoms with Gasteiger partial charge in [0.2, 0.25) is 5.91 Å². The third kappa shape index (κ3) is 4.33. The molecule has 148 valence electrons. The molecule has 1 aromatic rings. The Labute approximate surface area is 162 Å². The SMILES string of the molecule is CC1NNC(C)C1CCC(=O)N1C[C@H]2CC[C@@H]1CN(Cc1cccnc1)C2. The molecule has 4 atom stereocenters. The zero-order chi connectivity index (χ0) is 18.8. The summed E-state index contributed by atoms with van der Waals surface area (Å²) in [6, 6.07) is 5.40. The van der Waals surface area contributed by atoms with E-state index in [2.05, 4.69) is 45.5 Å². The highest BCUT2D eigenvalue weighted by molar-refractivity contribution is 5.76. The van der Waals surface area contributed by atoms with Crippen LogP contribution in [0.3, 0.4) is 0 Å². The van der Waals surface area contributed by atoms with Crippen molar-refractivity contribution in [2.75, 3.05) is 19.6 Å². The number of piperidine rings is 1. The van der Waals surface area contributed by atoms with Crippen LogP contribution in [0.1, 0.15) is 45.1 Å². The van der Waals surface area contributed by atoms with Gasteiger partial charge in [-0.2, -0.15) is 0 Å². The molecule has 1 aromatic heterocycles. The fourth-order valence-corrected chi connectivity index (χ4v) is 5.21. The highest BCUT2D eigenvalue weighted by Crippen LogP contribution is 2.30. The van der Waals surface area contributed by atoms with E-state index >= 15 is 0 Å². The lowest BCUT2D eigenvalue weighted by molar-refractivity contribution is -0.135. The van der Waals surface area contributed by atoms with E-state index in [1.54, 1.807) is 0 Å². The van der Waals surface area contributed by atoms with Gasteiger partial charge in [-0.05, 0) is 56.6 Å². The summed E-state index contributed by atoms with van der Waals surface area (Å²) >= 11 is 0. The van der Waals surface area contributed by atoms with E-state index in [-0.39, 0.29) is 0 Å². The average molecular weight is 372 g/mol. The van der Waals surface area contributed by atoms with E-state index < -0.39 is 0 Å². The maximum atomic E-state index is 13.0. The van der Waals surface area contributed by atoms with E-state index in [9.17, 15) is 4.79 Å². The molecule has 6 heteroatoms. The second kappa shape index (κ2) is 8.25. The zero-order valence-electron chi connectivity index (χ0n) is 16.6. The lowest BCUT2D eigenvalue weighted by Crippen LogP contribution is -2.47. The summed E-state index contributed by atoms with van der Waals surface area (Å²) in [5.74, 6) is 1.50. The Kier molecular flexibility index (Phi) is 5.76. The first-order valence-corrected chi connectivity index (χ1v) is 10.5. The molecule has 4 fully saturated rings. The van der Waals surface area contributed by atoms with Crippen molar-refractivity contribution in [1.29, 1.82) is 0 Å². The van der Waals surface area contributed by atoms with Crippen LogP contribution in [0.5, 0.6) is 0 Å². The van der Waals surface area contributed by atoms with Crippen molar-refractivity contribution >= 4 is 5.91 Å². The first-order valence-electron chi connectivity index (χ1n) is 10.5. The lowest BCUT2D eigenvalue weighted by Gasteiger charge is -2.36. The van der Waals surface area contributed by atoms with Gasteiger partial charge in [-0.1, -0.05) is 6.07 Å².